The standard InChI is InChI=1S/C18H26FNO4/c1-12(2)24-15-6-4-5-14(19)16(15)17(18(21)22)20-9-7-13(8-10-20)11-23-3/h4-6,12-13,17H,7-11H2,1-3H3,(H,21,22)/t17-/m1/s1. The van der Waals surface area contributed by atoms with Gasteiger partial charge in [0.05, 0.1) is 11.7 Å². The van der Waals surface area contributed by atoms with Gasteiger partial charge < -0.3 is 14.6 Å². The van der Waals surface area contributed by atoms with Crippen molar-refractivity contribution in [2.75, 3.05) is 26.8 Å². The monoisotopic (exact) mass is 339 g/mol. The second-order valence-electron chi connectivity index (χ2n) is 6.49. The summed E-state index contributed by atoms with van der Waals surface area (Å²) in [6.45, 7) is 5.54. The molecule has 1 aliphatic rings. The van der Waals surface area contributed by atoms with E-state index < -0.39 is 17.8 Å². The summed E-state index contributed by atoms with van der Waals surface area (Å²) in [5, 5.41) is 9.74. The van der Waals surface area contributed by atoms with Gasteiger partial charge in [-0.2, -0.15) is 0 Å². The molecule has 0 unspecified atom stereocenters. The zero-order valence-corrected chi connectivity index (χ0v) is 14.5. The highest BCUT2D eigenvalue weighted by Gasteiger charge is 2.35. The highest BCUT2D eigenvalue weighted by Crippen LogP contribution is 2.35. The third-order valence-electron chi connectivity index (χ3n) is 4.30. The highest BCUT2D eigenvalue weighted by atomic mass is 19.1. The molecule has 6 heteroatoms. The van der Waals surface area contributed by atoms with E-state index in [0.717, 1.165) is 12.8 Å². The van der Waals surface area contributed by atoms with Gasteiger partial charge in [0.25, 0.3) is 0 Å². The number of rotatable bonds is 7. The van der Waals surface area contributed by atoms with Gasteiger partial charge in [0.15, 0.2) is 0 Å². The zero-order chi connectivity index (χ0) is 17.7. The van der Waals surface area contributed by atoms with Crippen molar-refractivity contribution in [3.8, 4) is 5.75 Å². The smallest absolute Gasteiger partial charge is 0.325 e. The van der Waals surface area contributed by atoms with Gasteiger partial charge in [-0.15, -0.1) is 0 Å². The fraction of sp³-hybridized carbons (Fsp3) is 0.611. The molecular weight excluding hydrogens is 313 g/mol. The zero-order valence-electron chi connectivity index (χ0n) is 14.5. The molecule has 0 amide bonds. The molecule has 0 aromatic heterocycles. The van der Waals surface area contributed by atoms with Gasteiger partial charge in [0, 0.05) is 13.7 Å². The van der Waals surface area contributed by atoms with Crippen LogP contribution >= 0.6 is 0 Å². The van der Waals surface area contributed by atoms with Gasteiger partial charge in [-0.3, -0.25) is 9.69 Å². The number of hydrogen-bond donors (Lipinski definition) is 1. The molecule has 1 heterocycles. The van der Waals surface area contributed by atoms with Gasteiger partial charge in [0.1, 0.15) is 17.6 Å². The van der Waals surface area contributed by atoms with Crippen molar-refractivity contribution in [2.24, 2.45) is 5.92 Å². The number of hydrogen-bond acceptors (Lipinski definition) is 4. The predicted molar refractivity (Wildman–Crippen MR) is 88.7 cm³/mol. The van der Waals surface area contributed by atoms with Gasteiger partial charge in [-0.1, -0.05) is 6.07 Å². The summed E-state index contributed by atoms with van der Waals surface area (Å²) in [4.78, 5) is 13.7. The van der Waals surface area contributed by atoms with Crippen LogP contribution in [-0.4, -0.2) is 48.9 Å². The highest BCUT2D eigenvalue weighted by molar-refractivity contribution is 5.77. The van der Waals surface area contributed by atoms with Crippen molar-refractivity contribution in [1.82, 2.24) is 4.90 Å². The van der Waals surface area contributed by atoms with Crippen molar-refractivity contribution >= 4 is 5.97 Å². The lowest BCUT2D eigenvalue weighted by Gasteiger charge is -2.36. The number of piperidine rings is 1. The van der Waals surface area contributed by atoms with Crippen LogP contribution < -0.4 is 4.74 Å². The average Bonchev–Trinajstić information content (AvgIpc) is 2.51. The van der Waals surface area contributed by atoms with E-state index in [1.807, 2.05) is 18.7 Å². The fourth-order valence-electron chi connectivity index (χ4n) is 3.22. The number of carboxylic acids is 1. The molecule has 0 radical (unpaired) electrons. The Labute approximate surface area is 142 Å². The Bertz CT molecular complexity index is 556. The van der Waals surface area contributed by atoms with Crippen molar-refractivity contribution < 1.29 is 23.8 Å². The van der Waals surface area contributed by atoms with Gasteiger partial charge >= 0.3 is 5.97 Å². The second-order valence-corrected chi connectivity index (χ2v) is 6.49. The number of carboxylic acid groups (broad SMARTS) is 1. The molecule has 2 rings (SSSR count). The quantitative estimate of drug-likeness (QED) is 0.827. The average molecular weight is 339 g/mol. The molecule has 5 nitrogen and oxygen atoms in total. The number of benzene rings is 1. The molecule has 0 saturated carbocycles. The van der Waals surface area contributed by atoms with E-state index in [2.05, 4.69) is 0 Å². The minimum Gasteiger partial charge on any atom is -0.491 e. The summed E-state index contributed by atoms with van der Waals surface area (Å²) in [7, 11) is 1.67. The number of halogens is 1. The lowest BCUT2D eigenvalue weighted by atomic mass is 9.94. The van der Waals surface area contributed by atoms with E-state index in [9.17, 15) is 14.3 Å². The summed E-state index contributed by atoms with van der Waals surface area (Å²) in [6, 6.07) is 3.42. The Balaban J connectivity index is 2.27. The Morgan fingerprint density at radius 3 is 2.58 bits per heavy atom. The Morgan fingerprint density at radius 2 is 2.04 bits per heavy atom. The number of methoxy groups -OCH3 is 1. The molecule has 1 aromatic rings. The lowest BCUT2D eigenvalue weighted by molar-refractivity contribution is -0.144. The maximum atomic E-state index is 14.5. The van der Waals surface area contributed by atoms with E-state index >= 15 is 0 Å². The first-order valence-corrected chi connectivity index (χ1v) is 8.34. The molecule has 1 aromatic carbocycles. The third kappa shape index (κ3) is 4.45. The summed E-state index contributed by atoms with van der Waals surface area (Å²) in [5.41, 5.74) is 0.115. The van der Waals surface area contributed by atoms with E-state index in [-0.39, 0.29) is 11.7 Å². The Hall–Kier alpha value is -1.66. The molecule has 1 saturated heterocycles. The summed E-state index contributed by atoms with van der Waals surface area (Å²) in [5.74, 6) is -0.873. The molecule has 1 atom stereocenters. The van der Waals surface area contributed by atoms with Gasteiger partial charge in [-0.25, -0.2) is 4.39 Å². The SMILES string of the molecule is COCC1CCN([C@@H](C(=O)O)c2c(F)cccc2OC(C)C)CC1. The topological polar surface area (TPSA) is 59.0 Å². The summed E-state index contributed by atoms with van der Waals surface area (Å²) >= 11 is 0. The van der Waals surface area contributed by atoms with Crippen LogP contribution in [0.3, 0.4) is 0 Å². The lowest BCUT2D eigenvalue weighted by Crippen LogP contribution is -2.41. The number of likely N-dealkylation sites (tertiary alicyclic amines) is 1. The Kier molecular flexibility index (Phi) is 6.57. The normalized spacial score (nSPS) is 17.9. The van der Waals surface area contributed by atoms with E-state index in [1.54, 1.807) is 19.2 Å². The molecule has 1 fully saturated rings. The van der Waals surface area contributed by atoms with Crippen molar-refractivity contribution in [3.63, 3.8) is 0 Å². The van der Waals surface area contributed by atoms with Crippen molar-refractivity contribution in [3.05, 3.63) is 29.6 Å². The molecule has 24 heavy (non-hydrogen) atoms. The van der Waals surface area contributed by atoms with Crippen LogP contribution in [0.25, 0.3) is 0 Å². The number of carbonyl (C=O) groups is 1. The maximum Gasteiger partial charge on any atom is 0.325 e. The first-order chi connectivity index (χ1) is 11.4. The van der Waals surface area contributed by atoms with Crippen LogP contribution in [0.2, 0.25) is 0 Å². The largest absolute Gasteiger partial charge is 0.491 e. The molecule has 1 N–H and O–H groups in total. The fourth-order valence-corrected chi connectivity index (χ4v) is 3.22. The van der Waals surface area contributed by atoms with Crippen LogP contribution in [-0.2, 0) is 9.53 Å². The summed E-state index contributed by atoms with van der Waals surface area (Å²) in [6.07, 6.45) is 1.52. The Morgan fingerprint density at radius 1 is 1.38 bits per heavy atom. The molecule has 1 aliphatic heterocycles. The minimum absolute atomic E-state index is 0.115. The number of ether oxygens (including phenoxy) is 2. The van der Waals surface area contributed by atoms with Crippen LogP contribution in [0.5, 0.6) is 5.75 Å². The molecule has 0 bridgehead atoms. The van der Waals surface area contributed by atoms with Crippen LogP contribution in [0.1, 0.15) is 38.3 Å². The van der Waals surface area contributed by atoms with Crippen LogP contribution in [0, 0.1) is 11.7 Å². The second kappa shape index (κ2) is 8.44. The van der Waals surface area contributed by atoms with Crippen LogP contribution in [0.15, 0.2) is 18.2 Å². The van der Waals surface area contributed by atoms with Gasteiger partial charge in [0.2, 0.25) is 0 Å². The summed E-state index contributed by atoms with van der Waals surface area (Å²) < 4.78 is 25.3. The molecule has 134 valence electrons. The minimum atomic E-state index is -1.06. The first-order valence-electron chi connectivity index (χ1n) is 8.34. The maximum absolute atomic E-state index is 14.5. The molecule has 0 spiro atoms. The van der Waals surface area contributed by atoms with E-state index in [4.69, 9.17) is 9.47 Å². The molecule has 0 aliphatic carbocycles. The van der Waals surface area contributed by atoms with E-state index in [0.29, 0.717) is 31.4 Å². The van der Waals surface area contributed by atoms with Crippen molar-refractivity contribution in [1.29, 1.82) is 0 Å². The van der Waals surface area contributed by atoms with Crippen LogP contribution in [0.4, 0.5) is 4.39 Å². The predicted octanol–water partition coefficient (Wildman–Crippen LogP) is 3.10. The number of aliphatic carboxylic acids is 1. The van der Waals surface area contributed by atoms with E-state index in [1.165, 1.54) is 6.07 Å². The van der Waals surface area contributed by atoms with Gasteiger partial charge in [-0.05, 0) is 57.8 Å². The number of nitrogens with zero attached hydrogens (tertiary/aromatic N) is 1. The van der Waals surface area contributed by atoms with Crippen molar-refractivity contribution in [2.45, 2.75) is 38.8 Å². The third-order valence-corrected chi connectivity index (χ3v) is 4.30. The molecular formula is C18H26FNO4. The first kappa shape index (κ1) is 18.7.